The van der Waals surface area contributed by atoms with Crippen LogP contribution in [0.2, 0.25) is 0 Å². The molecule has 2 aromatic heterocycles. The smallest absolute Gasteiger partial charge is 0.416 e. The van der Waals surface area contributed by atoms with Crippen molar-refractivity contribution in [3.05, 3.63) is 83.1 Å². The molecule has 0 bridgehead atoms. The van der Waals surface area contributed by atoms with Crippen LogP contribution in [0.4, 0.5) is 13.2 Å². The summed E-state index contributed by atoms with van der Waals surface area (Å²) in [4.78, 5) is 36.4. The number of ether oxygens (including phenoxy) is 1. The number of nitrogens with zero attached hydrogens (tertiary/aromatic N) is 6. The second-order valence-corrected chi connectivity index (χ2v) is 11.7. The molecule has 4 aromatic rings. The molecule has 0 spiro atoms. The molecule has 44 heavy (non-hydrogen) atoms. The molecule has 0 saturated carbocycles. The molecule has 4 heterocycles. The summed E-state index contributed by atoms with van der Waals surface area (Å²) >= 11 is 0. The summed E-state index contributed by atoms with van der Waals surface area (Å²) in [6.45, 7) is 6.99. The molecule has 0 unspecified atom stereocenters. The zero-order valence-corrected chi connectivity index (χ0v) is 24.8. The number of hydrogen-bond acceptors (Lipinski definition) is 7. The van der Waals surface area contributed by atoms with Crippen LogP contribution >= 0.6 is 0 Å². The van der Waals surface area contributed by atoms with Crippen molar-refractivity contribution in [3.8, 4) is 5.88 Å². The first-order valence-corrected chi connectivity index (χ1v) is 14.9. The van der Waals surface area contributed by atoms with Crippen molar-refractivity contribution < 1.29 is 22.7 Å². The molecule has 1 N–H and O–H groups in total. The van der Waals surface area contributed by atoms with Crippen LogP contribution in [-0.2, 0) is 19.3 Å². The Morgan fingerprint density at radius 2 is 1.75 bits per heavy atom. The maximum atomic E-state index is 13.5. The van der Waals surface area contributed by atoms with Crippen molar-refractivity contribution in [2.75, 3.05) is 39.8 Å². The highest BCUT2D eigenvalue weighted by molar-refractivity contribution is 5.94. The minimum Gasteiger partial charge on any atom is -0.480 e. The van der Waals surface area contributed by atoms with E-state index in [4.69, 9.17) is 4.74 Å². The second-order valence-electron chi connectivity index (χ2n) is 11.7. The molecule has 2 saturated heterocycles. The van der Waals surface area contributed by atoms with Gasteiger partial charge in [-0.05, 0) is 74.2 Å². The summed E-state index contributed by atoms with van der Waals surface area (Å²) in [5.74, 6) is 1.13. The minimum absolute atomic E-state index is 0.0662. The predicted molar refractivity (Wildman–Crippen MR) is 159 cm³/mol. The van der Waals surface area contributed by atoms with E-state index in [1.807, 2.05) is 17.9 Å². The number of fused-ring (bicyclic) bond motifs is 1. The third-order valence-electron chi connectivity index (χ3n) is 8.70. The lowest BCUT2D eigenvalue weighted by Gasteiger charge is -2.39. The lowest BCUT2D eigenvalue weighted by atomic mass is 9.89. The van der Waals surface area contributed by atoms with Gasteiger partial charge in [0.1, 0.15) is 0 Å². The van der Waals surface area contributed by atoms with Crippen molar-refractivity contribution in [2.45, 2.75) is 51.0 Å². The van der Waals surface area contributed by atoms with Gasteiger partial charge in [0.15, 0.2) is 5.82 Å². The Morgan fingerprint density at radius 1 is 0.977 bits per heavy atom. The summed E-state index contributed by atoms with van der Waals surface area (Å²) in [6.07, 6.45) is 1.13. The van der Waals surface area contributed by atoms with E-state index >= 15 is 0 Å². The van der Waals surface area contributed by atoms with Gasteiger partial charge in [-0.25, -0.2) is 9.97 Å². The Kier molecular flexibility index (Phi) is 8.55. The van der Waals surface area contributed by atoms with Crippen molar-refractivity contribution in [2.24, 2.45) is 0 Å². The van der Waals surface area contributed by atoms with Gasteiger partial charge in [-0.3, -0.25) is 19.6 Å². The van der Waals surface area contributed by atoms with Gasteiger partial charge in [0.05, 0.1) is 41.8 Å². The van der Waals surface area contributed by atoms with E-state index in [0.29, 0.717) is 43.8 Å². The van der Waals surface area contributed by atoms with Crippen molar-refractivity contribution in [3.63, 3.8) is 0 Å². The molecule has 1 atom stereocenters. The van der Waals surface area contributed by atoms with Gasteiger partial charge in [-0.1, -0.05) is 18.2 Å². The number of imidazole rings is 1. The first kappa shape index (κ1) is 30.0. The van der Waals surface area contributed by atoms with Crippen molar-refractivity contribution in [1.29, 1.82) is 0 Å². The number of amides is 1. The third-order valence-corrected chi connectivity index (χ3v) is 8.70. The first-order chi connectivity index (χ1) is 21.2. The Labute approximate surface area is 254 Å². The fourth-order valence-electron chi connectivity index (χ4n) is 6.24. The topological polar surface area (TPSA) is 90.5 Å². The fourth-order valence-corrected chi connectivity index (χ4v) is 6.24. The molecule has 12 heteroatoms. The summed E-state index contributed by atoms with van der Waals surface area (Å²) < 4.78 is 43.8. The van der Waals surface area contributed by atoms with E-state index in [-0.39, 0.29) is 11.9 Å². The molecule has 232 valence electrons. The highest BCUT2D eigenvalue weighted by atomic mass is 19.4. The molecule has 0 aliphatic carbocycles. The number of H-pyrrole nitrogens is 1. The Balaban J connectivity index is 1.03. The van der Waals surface area contributed by atoms with Gasteiger partial charge in [-0.15, -0.1) is 0 Å². The van der Waals surface area contributed by atoms with Crippen LogP contribution in [-0.4, -0.2) is 86.4 Å². The number of carbonyl (C=O) groups is 1. The molecule has 1 amide bonds. The van der Waals surface area contributed by atoms with E-state index < -0.39 is 11.7 Å². The SMILES string of the molecule is COc1cnc(CN2CCC(c3ccc4nc(C(=O)N5CCN(Cc6ccc(C(F)(F)F)cc6)C[C@@H]5C)[nH]c4c3)CC2)cn1. The molecular formula is C32H36F3N7O2. The van der Waals surface area contributed by atoms with Crippen molar-refractivity contribution in [1.82, 2.24) is 34.6 Å². The number of halogens is 3. The summed E-state index contributed by atoms with van der Waals surface area (Å²) in [7, 11) is 1.58. The molecule has 2 fully saturated rings. The zero-order valence-electron chi connectivity index (χ0n) is 24.8. The van der Waals surface area contributed by atoms with Crippen LogP contribution in [0.1, 0.15) is 58.7 Å². The Morgan fingerprint density at radius 3 is 2.41 bits per heavy atom. The number of nitrogens with one attached hydrogen (secondary N) is 1. The summed E-state index contributed by atoms with van der Waals surface area (Å²) in [6, 6.07) is 11.5. The van der Waals surface area contributed by atoms with E-state index in [9.17, 15) is 18.0 Å². The van der Waals surface area contributed by atoms with Gasteiger partial charge < -0.3 is 14.6 Å². The third kappa shape index (κ3) is 6.71. The molecular weight excluding hydrogens is 571 g/mol. The van der Waals surface area contributed by atoms with Gasteiger partial charge in [0, 0.05) is 38.8 Å². The number of methoxy groups -OCH3 is 1. The van der Waals surface area contributed by atoms with E-state index in [1.54, 1.807) is 19.5 Å². The fraction of sp³-hybridized carbons (Fsp3) is 0.438. The zero-order chi connectivity index (χ0) is 30.8. The largest absolute Gasteiger partial charge is 0.480 e. The normalized spacial score (nSPS) is 19.0. The average molecular weight is 608 g/mol. The number of rotatable bonds is 7. The van der Waals surface area contributed by atoms with E-state index in [1.165, 1.54) is 17.7 Å². The number of aromatic nitrogens is 4. The predicted octanol–water partition coefficient (Wildman–Crippen LogP) is 5.11. The molecule has 2 aliphatic heterocycles. The number of benzene rings is 2. The lowest BCUT2D eigenvalue weighted by Crippen LogP contribution is -2.53. The van der Waals surface area contributed by atoms with Crippen molar-refractivity contribution >= 4 is 16.9 Å². The molecule has 2 aliphatic rings. The second kappa shape index (κ2) is 12.5. The highest BCUT2D eigenvalue weighted by Gasteiger charge is 2.32. The first-order valence-electron chi connectivity index (χ1n) is 14.9. The molecule has 9 nitrogen and oxygen atoms in total. The highest BCUT2D eigenvalue weighted by Crippen LogP contribution is 2.31. The summed E-state index contributed by atoms with van der Waals surface area (Å²) in [5, 5.41) is 0. The van der Waals surface area contributed by atoms with Crippen LogP contribution in [0.25, 0.3) is 11.0 Å². The quantitative estimate of drug-likeness (QED) is 0.313. The van der Waals surface area contributed by atoms with Gasteiger partial charge in [0.25, 0.3) is 5.91 Å². The van der Waals surface area contributed by atoms with Crippen LogP contribution in [0.5, 0.6) is 5.88 Å². The average Bonchev–Trinajstić information content (AvgIpc) is 3.45. The number of aromatic amines is 1. The maximum Gasteiger partial charge on any atom is 0.416 e. The van der Waals surface area contributed by atoms with E-state index in [2.05, 4.69) is 41.9 Å². The Bertz CT molecular complexity index is 1580. The standard InChI is InChI=1S/C32H36F3N7O2/c1-21-18-41(19-22-3-6-25(7-4-22)32(33,34)35)13-14-42(21)31(43)30-38-27-8-5-24(15-28(27)39-30)23-9-11-40(12-10-23)20-26-16-37-29(44-2)17-36-26/h3-8,15-17,21,23H,9-14,18-20H2,1-2H3,(H,38,39)/t21-/m0/s1. The van der Waals surface area contributed by atoms with Gasteiger partial charge >= 0.3 is 6.18 Å². The number of piperidine rings is 1. The number of hydrogen-bond donors (Lipinski definition) is 1. The van der Waals surface area contributed by atoms with Crippen LogP contribution in [0.15, 0.2) is 54.9 Å². The maximum absolute atomic E-state index is 13.5. The van der Waals surface area contributed by atoms with Crippen LogP contribution < -0.4 is 4.74 Å². The minimum atomic E-state index is -4.34. The number of likely N-dealkylation sites (tertiary alicyclic amines) is 1. The van der Waals surface area contributed by atoms with E-state index in [0.717, 1.165) is 66.9 Å². The molecule has 0 radical (unpaired) electrons. The van der Waals surface area contributed by atoms with Crippen LogP contribution in [0, 0.1) is 0 Å². The van der Waals surface area contributed by atoms with Crippen LogP contribution in [0.3, 0.4) is 0 Å². The summed E-state index contributed by atoms with van der Waals surface area (Å²) in [5.41, 5.74) is 3.96. The lowest BCUT2D eigenvalue weighted by molar-refractivity contribution is -0.137. The molecule has 2 aromatic carbocycles. The van der Waals surface area contributed by atoms with Gasteiger partial charge in [0.2, 0.25) is 5.88 Å². The number of alkyl halides is 3. The number of carbonyl (C=O) groups excluding carboxylic acids is 1. The monoisotopic (exact) mass is 607 g/mol. The number of piperazine rings is 1. The van der Waals surface area contributed by atoms with Gasteiger partial charge in [-0.2, -0.15) is 13.2 Å². The Hall–Kier alpha value is -4.03. The molecule has 6 rings (SSSR count).